The summed E-state index contributed by atoms with van der Waals surface area (Å²) in [5, 5.41) is 9.31. The fourth-order valence-electron chi connectivity index (χ4n) is 2.60. The van der Waals surface area contributed by atoms with Crippen molar-refractivity contribution in [2.75, 3.05) is 26.7 Å². The van der Waals surface area contributed by atoms with Crippen LogP contribution in [0.4, 0.5) is 4.39 Å². The fourth-order valence-corrected chi connectivity index (χ4v) is 2.60. The van der Waals surface area contributed by atoms with Crippen molar-refractivity contribution in [1.82, 2.24) is 16.0 Å². The number of nitrogens with zero attached hydrogens (tertiary/aromatic N) is 1. The molecule has 1 unspecified atom stereocenters. The van der Waals surface area contributed by atoms with Gasteiger partial charge in [-0.25, -0.2) is 4.39 Å². The summed E-state index contributed by atoms with van der Waals surface area (Å²) in [4.78, 5) is 16.1. The number of halogens is 1. The molecule has 0 heterocycles. The van der Waals surface area contributed by atoms with Gasteiger partial charge in [0, 0.05) is 26.7 Å². The van der Waals surface area contributed by atoms with E-state index in [9.17, 15) is 9.18 Å². The lowest BCUT2D eigenvalue weighted by Gasteiger charge is -2.16. The van der Waals surface area contributed by atoms with Crippen LogP contribution in [0.25, 0.3) is 0 Å². The summed E-state index contributed by atoms with van der Waals surface area (Å²) >= 11 is 0. The molecule has 0 saturated carbocycles. The highest BCUT2D eigenvalue weighted by Gasteiger charge is 2.06. The summed E-state index contributed by atoms with van der Waals surface area (Å²) in [5.74, 6) is 0.665. The number of benzene rings is 2. The predicted molar refractivity (Wildman–Crippen MR) is 107 cm³/mol. The van der Waals surface area contributed by atoms with Crippen LogP contribution in [0.1, 0.15) is 24.0 Å². The van der Waals surface area contributed by atoms with Gasteiger partial charge in [0.1, 0.15) is 5.82 Å². The molecule has 0 spiro atoms. The summed E-state index contributed by atoms with van der Waals surface area (Å²) < 4.78 is 12.9. The molecule has 0 radical (unpaired) electrons. The average molecular weight is 370 g/mol. The van der Waals surface area contributed by atoms with Crippen LogP contribution in [0.15, 0.2) is 59.6 Å². The van der Waals surface area contributed by atoms with Crippen molar-refractivity contribution >= 4 is 11.9 Å². The van der Waals surface area contributed by atoms with Gasteiger partial charge in [0.15, 0.2) is 5.96 Å². The van der Waals surface area contributed by atoms with E-state index >= 15 is 0 Å². The van der Waals surface area contributed by atoms with Gasteiger partial charge in [-0.2, -0.15) is 0 Å². The Morgan fingerprint density at radius 3 is 2.33 bits per heavy atom. The third-order valence-electron chi connectivity index (χ3n) is 4.19. The van der Waals surface area contributed by atoms with Gasteiger partial charge >= 0.3 is 0 Å². The molecule has 144 valence electrons. The van der Waals surface area contributed by atoms with Gasteiger partial charge < -0.3 is 16.0 Å². The second-order valence-corrected chi connectivity index (χ2v) is 6.34. The molecule has 0 bridgehead atoms. The minimum Gasteiger partial charge on any atom is -0.356 e. The molecule has 0 aliphatic heterocycles. The van der Waals surface area contributed by atoms with Crippen LogP contribution in [0.5, 0.6) is 0 Å². The highest BCUT2D eigenvalue weighted by Crippen LogP contribution is 2.12. The second-order valence-electron chi connectivity index (χ2n) is 6.34. The van der Waals surface area contributed by atoms with E-state index in [1.54, 1.807) is 19.2 Å². The molecule has 1 atom stereocenters. The molecule has 3 N–H and O–H groups in total. The Morgan fingerprint density at radius 1 is 1.00 bits per heavy atom. The molecule has 0 aliphatic rings. The van der Waals surface area contributed by atoms with Crippen LogP contribution in [-0.2, 0) is 11.2 Å². The van der Waals surface area contributed by atoms with E-state index in [-0.39, 0.29) is 18.1 Å². The van der Waals surface area contributed by atoms with Gasteiger partial charge in [-0.05, 0) is 29.2 Å². The fraction of sp³-hybridized carbons (Fsp3) is 0.333. The van der Waals surface area contributed by atoms with Crippen molar-refractivity contribution in [3.8, 4) is 0 Å². The number of aliphatic imine (C=N–C) groups is 1. The van der Waals surface area contributed by atoms with Crippen molar-refractivity contribution in [2.45, 2.75) is 19.3 Å². The van der Waals surface area contributed by atoms with Crippen LogP contribution >= 0.6 is 0 Å². The molecule has 0 fully saturated rings. The van der Waals surface area contributed by atoms with Crippen LogP contribution in [0.2, 0.25) is 0 Å². The topological polar surface area (TPSA) is 65.5 Å². The summed E-state index contributed by atoms with van der Waals surface area (Å²) in [7, 11) is 1.72. The minimum atomic E-state index is -0.302. The molecular formula is C21H27FN4O. The lowest BCUT2D eigenvalue weighted by molar-refractivity contribution is -0.120. The van der Waals surface area contributed by atoms with Crippen LogP contribution in [0, 0.1) is 5.82 Å². The molecule has 0 saturated heterocycles. The van der Waals surface area contributed by atoms with Crippen molar-refractivity contribution in [2.24, 2.45) is 4.99 Å². The second kappa shape index (κ2) is 11.0. The quantitative estimate of drug-likeness (QED) is 0.380. The first-order valence-corrected chi connectivity index (χ1v) is 9.09. The molecule has 2 aromatic rings. The predicted octanol–water partition coefficient (Wildman–Crippen LogP) is 2.45. The third-order valence-corrected chi connectivity index (χ3v) is 4.19. The number of amides is 1. The van der Waals surface area contributed by atoms with E-state index in [1.165, 1.54) is 17.7 Å². The van der Waals surface area contributed by atoms with Crippen molar-refractivity contribution in [3.63, 3.8) is 0 Å². The summed E-state index contributed by atoms with van der Waals surface area (Å²) in [6, 6.07) is 16.3. The number of guanidine groups is 1. The summed E-state index contributed by atoms with van der Waals surface area (Å²) in [5.41, 5.74) is 2.06. The number of hydrogen-bond acceptors (Lipinski definition) is 2. The zero-order valence-electron chi connectivity index (χ0n) is 15.8. The van der Waals surface area contributed by atoms with Gasteiger partial charge in [0.2, 0.25) is 5.91 Å². The Kier molecular flexibility index (Phi) is 8.29. The van der Waals surface area contributed by atoms with E-state index in [4.69, 9.17) is 0 Å². The molecular weight excluding hydrogens is 343 g/mol. The Morgan fingerprint density at radius 2 is 1.67 bits per heavy atom. The maximum absolute atomic E-state index is 12.9. The lowest BCUT2D eigenvalue weighted by Crippen LogP contribution is -2.42. The van der Waals surface area contributed by atoms with Crippen molar-refractivity contribution in [1.29, 1.82) is 0 Å². The zero-order valence-corrected chi connectivity index (χ0v) is 15.8. The molecule has 6 heteroatoms. The van der Waals surface area contributed by atoms with E-state index < -0.39 is 0 Å². The first-order valence-electron chi connectivity index (χ1n) is 9.09. The van der Waals surface area contributed by atoms with Gasteiger partial charge in [-0.1, -0.05) is 49.4 Å². The van der Waals surface area contributed by atoms with E-state index in [2.05, 4.69) is 40.0 Å². The normalized spacial score (nSPS) is 12.3. The van der Waals surface area contributed by atoms with Gasteiger partial charge in [0.05, 0.1) is 6.42 Å². The van der Waals surface area contributed by atoms with Crippen LogP contribution in [0.3, 0.4) is 0 Å². The van der Waals surface area contributed by atoms with E-state index in [0.717, 1.165) is 12.1 Å². The molecule has 5 nitrogen and oxygen atoms in total. The average Bonchev–Trinajstić information content (AvgIpc) is 2.69. The smallest absolute Gasteiger partial charge is 0.224 e. The highest BCUT2D eigenvalue weighted by molar-refractivity contribution is 5.80. The molecule has 1 amide bonds. The third kappa shape index (κ3) is 7.48. The summed E-state index contributed by atoms with van der Waals surface area (Å²) in [6.45, 7) is 3.97. The van der Waals surface area contributed by atoms with Crippen molar-refractivity contribution < 1.29 is 9.18 Å². The van der Waals surface area contributed by atoms with Crippen LogP contribution in [-0.4, -0.2) is 38.5 Å². The summed E-state index contributed by atoms with van der Waals surface area (Å²) in [6.07, 6.45) is 0.238. The largest absolute Gasteiger partial charge is 0.356 e. The van der Waals surface area contributed by atoms with E-state index in [0.29, 0.717) is 25.0 Å². The monoisotopic (exact) mass is 370 g/mol. The van der Waals surface area contributed by atoms with Crippen LogP contribution < -0.4 is 16.0 Å². The molecule has 2 aromatic carbocycles. The molecule has 0 aromatic heterocycles. The van der Waals surface area contributed by atoms with Gasteiger partial charge in [0.25, 0.3) is 0 Å². The number of carbonyl (C=O) groups excluding carboxylic acids is 1. The van der Waals surface area contributed by atoms with Gasteiger partial charge in [-0.3, -0.25) is 9.79 Å². The molecule has 0 aliphatic carbocycles. The molecule has 2 rings (SSSR count). The standard InChI is InChI=1S/C21H27FN4O/c1-16(18-6-4-3-5-7-18)15-26-21(23-2)25-13-12-24-20(27)14-17-8-10-19(22)11-9-17/h3-11,16H,12-15H2,1-2H3,(H,24,27)(H2,23,25,26). The minimum absolute atomic E-state index is 0.0935. The highest BCUT2D eigenvalue weighted by atomic mass is 19.1. The lowest BCUT2D eigenvalue weighted by atomic mass is 10.0. The maximum atomic E-state index is 12.9. The Labute approximate surface area is 160 Å². The first kappa shape index (κ1) is 20.4. The molecule has 27 heavy (non-hydrogen) atoms. The number of carbonyl (C=O) groups is 1. The Balaban J connectivity index is 1.64. The maximum Gasteiger partial charge on any atom is 0.224 e. The van der Waals surface area contributed by atoms with Gasteiger partial charge in [-0.15, -0.1) is 0 Å². The number of nitrogens with one attached hydrogen (secondary N) is 3. The van der Waals surface area contributed by atoms with E-state index in [1.807, 2.05) is 18.2 Å². The Hall–Kier alpha value is -2.89. The Bertz CT molecular complexity index is 732. The zero-order chi connectivity index (χ0) is 19.5. The number of rotatable bonds is 8. The number of hydrogen-bond donors (Lipinski definition) is 3. The van der Waals surface area contributed by atoms with Crippen molar-refractivity contribution in [3.05, 3.63) is 71.5 Å². The first-order chi connectivity index (χ1) is 13.1. The SMILES string of the molecule is CN=C(NCCNC(=O)Cc1ccc(F)cc1)NCC(C)c1ccccc1.